The van der Waals surface area contributed by atoms with Gasteiger partial charge in [-0.05, 0) is 25.0 Å². The van der Waals surface area contributed by atoms with Crippen LogP contribution in [0.15, 0.2) is 18.2 Å². The number of alkyl halides is 3. The minimum atomic E-state index is -4.90. The van der Waals surface area contributed by atoms with Crippen molar-refractivity contribution in [3.05, 3.63) is 23.8 Å². The van der Waals surface area contributed by atoms with Crippen molar-refractivity contribution in [2.45, 2.75) is 25.5 Å². The first-order chi connectivity index (χ1) is 12.3. The molecule has 1 fully saturated rings. The zero-order valence-electron chi connectivity index (χ0n) is 14.8. The van der Waals surface area contributed by atoms with Crippen LogP contribution in [0.5, 0.6) is 5.75 Å². The van der Waals surface area contributed by atoms with Crippen LogP contribution in [-0.2, 0) is 14.2 Å². The molecule has 1 aromatic carbocycles. The van der Waals surface area contributed by atoms with E-state index >= 15 is 0 Å². The Bertz CT molecular complexity index is 611. The molecule has 6 nitrogen and oxygen atoms in total. The van der Waals surface area contributed by atoms with E-state index in [1.54, 1.807) is 20.3 Å². The first-order valence-electron chi connectivity index (χ1n) is 8.07. The normalized spacial score (nSPS) is 16.0. The molecule has 26 heavy (non-hydrogen) atoms. The molecule has 0 bridgehead atoms. The molecule has 0 spiro atoms. The summed E-state index contributed by atoms with van der Waals surface area (Å²) in [6.07, 6.45) is -3.68. The van der Waals surface area contributed by atoms with Gasteiger partial charge in [0.25, 0.3) is 0 Å². The Morgan fingerprint density at radius 3 is 2.27 bits per heavy atom. The van der Waals surface area contributed by atoms with Gasteiger partial charge in [0, 0.05) is 45.0 Å². The van der Waals surface area contributed by atoms with Crippen LogP contribution in [0.3, 0.4) is 0 Å². The Hall–Kier alpha value is -2.00. The number of hydrogen-bond donors (Lipinski definition) is 0. The van der Waals surface area contributed by atoms with E-state index in [0.717, 1.165) is 20.0 Å². The zero-order valence-corrected chi connectivity index (χ0v) is 14.8. The number of halogens is 3. The van der Waals surface area contributed by atoms with E-state index in [9.17, 15) is 18.0 Å². The standard InChI is InChI=1S/C17H22F3NO5/c1-23-15(22)13-5-4-12(10-14(13)26-17(18,19)20)21-8-6-11(7-9-21)16(24-2)25-3/h4-5,10-11,16H,6-9H2,1-3H3. The molecular formula is C17H22F3NO5. The fourth-order valence-electron chi connectivity index (χ4n) is 3.11. The lowest BCUT2D eigenvalue weighted by Gasteiger charge is -2.36. The summed E-state index contributed by atoms with van der Waals surface area (Å²) >= 11 is 0. The van der Waals surface area contributed by atoms with Crippen molar-refractivity contribution >= 4 is 11.7 Å². The first-order valence-corrected chi connectivity index (χ1v) is 8.07. The van der Waals surface area contributed by atoms with E-state index in [-0.39, 0.29) is 17.8 Å². The number of benzene rings is 1. The summed E-state index contributed by atoms with van der Waals surface area (Å²) in [5, 5.41) is 0. The third kappa shape index (κ3) is 5.01. The monoisotopic (exact) mass is 377 g/mol. The minimum Gasteiger partial charge on any atom is -0.465 e. The largest absolute Gasteiger partial charge is 0.573 e. The van der Waals surface area contributed by atoms with Gasteiger partial charge in [-0.15, -0.1) is 13.2 Å². The maximum absolute atomic E-state index is 12.7. The van der Waals surface area contributed by atoms with Gasteiger partial charge in [-0.1, -0.05) is 0 Å². The zero-order chi connectivity index (χ0) is 19.3. The van der Waals surface area contributed by atoms with Crippen molar-refractivity contribution in [3.8, 4) is 5.75 Å². The van der Waals surface area contributed by atoms with Gasteiger partial charge in [-0.2, -0.15) is 0 Å². The molecule has 0 radical (unpaired) electrons. The topological polar surface area (TPSA) is 57.2 Å². The third-order valence-electron chi connectivity index (χ3n) is 4.35. The highest BCUT2D eigenvalue weighted by Gasteiger charge is 2.34. The Morgan fingerprint density at radius 2 is 1.77 bits per heavy atom. The molecule has 0 aliphatic carbocycles. The van der Waals surface area contributed by atoms with Gasteiger partial charge in [0.2, 0.25) is 0 Å². The molecule has 1 aliphatic heterocycles. The predicted octanol–water partition coefficient (Wildman–Crippen LogP) is 3.21. The van der Waals surface area contributed by atoms with Crippen LogP contribution in [0.4, 0.5) is 18.9 Å². The Labute approximate surface area is 149 Å². The van der Waals surface area contributed by atoms with Crippen LogP contribution in [0.2, 0.25) is 0 Å². The SMILES string of the molecule is COC(=O)c1ccc(N2CCC(C(OC)OC)CC2)cc1OC(F)(F)F. The van der Waals surface area contributed by atoms with Crippen molar-refractivity contribution in [1.29, 1.82) is 0 Å². The lowest BCUT2D eigenvalue weighted by Crippen LogP contribution is -2.39. The van der Waals surface area contributed by atoms with Crippen LogP contribution in [-0.4, -0.2) is 53.0 Å². The van der Waals surface area contributed by atoms with Crippen LogP contribution in [0, 0.1) is 5.92 Å². The number of nitrogens with zero attached hydrogens (tertiary/aromatic N) is 1. The molecule has 0 atom stereocenters. The number of rotatable bonds is 6. The summed E-state index contributed by atoms with van der Waals surface area (Å²) < 4.78 is 57.1. The lowest BCUT2D eigenvalue weighted by atomic mass is 9.95. The van der Waals surface area contributed by atoms with Gasteiger partial charge in [0.15, 0.2) is 6.29 Å². The van der Waals surface area contributed by atoms with E-state index in [0.29, 0.717) is 18.8 Å². The van der Waals surface area contributed by atoms with Crippen LogP contribution < -0.4 is 9.64 Å². The average Bonchev–Trinajstić information content (AvgIpc) is 2.61. The van der Waals surface area contributed by atoms with Crippen LogP contribution in [0.25, 0.3) is 0 Å². The molecule has 1 heterocycles. The second kappa shape index (κ2) is 8.59. The van der Waals surface area contributed by atoms with Gasteiger partial charge in [-0.3, -0.25) is 0 Å². The van der Waals surface area contributed by atoms with E-state index in [1.807, 2.05) is 4.90 Å². The highest BCUT2D eigenvalue weighted by Crippen LogP contribution is 2.33. The van der Waals surface area contributed by atoms with Crippen molar-refractivity contribution in [2.75, 3.05) is 39.3 Å². The summed E-state index contributed by atoms with van der Waals surface area (Å²) in [6.45, 7) is 1.24. The molecule has 0 N–H and O–H groups in total. The number of hydrogen-bond acceptors (Lipinski definition) is 6. The van der Waals surface area contributed by atoms with Crippen molar-refractivity contribution in [1.82, 2.24) is 0 Å². The van der Waals surface area contributed by atoms with Crippen molar-refractivity contribution < 1.29 is 36.9 Å². The number of anilines is 1. The molecule has 2 rings (SSSR count). The molecule has 1 aromatic rings. The van der Waals surface area contributed by atoms with Gasteiger partial charge >= 0.3 is 12.3 Å². The number of piperidine rings is 1. The lowest BCUT2D eigenvalue weighted by molar-refractivity contribution is -0.274. The van der Waals surface area contributed by atoms with Gasteiger partial charge < -0.3 is 23.8 Å². The van der Waals surface area contributed by atoms with E-state index in [4.69, 9.17) is 9.47 Å². The number of ether oxygens (including phenoxy) is 4. The summed E-state index contributed by atoms with van der Waals surface area (Å²) in [6, 6.07) is 4.07. The second-order valence-electron chi connectivity index (χ2n) is 5.88. The average molecular weight is 377 g/mol. The first kappa shape index (κ1) is 20.3. The molecule has 0 amide bonds. The van der Waals surface area contributed by atoms with E-state index in [2.05, 4.69) is 9.47 Å². The number of carbonyl (C=O) groups excluding carboxylic acids is 1. The molecule has 9 heteroatoms. The minimum absolute atomic E-state index is 0.210. The van der Waals surface area contributed by atoms with Gasteiger partial charge in [-0.25, -0.2) is 4.79 Å². The predicted molar refractivity (Wildman–Crippen MR) is 87.2 cm³/mol. The van der Waals surface area contributed by atoms with Gasteiger partial charge in [0.05, 0.1) is 7.11 Å². The Kier molecular flexibility index (Phi) is 6.71. The quantitative estimate of drug-likeness (QED) is 0.561. The highest BCUT2D eigenvalue weighted by molar-refractivity contribution is 5.93. The highest BCUT2D eigenvalue weighted by atomic mass is 19.4. The Balaban J connectivity index is 2.18. The van der Waals surface area contributed by atoms with Crippen LogP contribution >= 0.6 is 0 Å². The van der Waals surface area contributed by atoms with Gasteiger partial charge in [0.1, 0.15) is 11.3 Å². The van der Waals surface area contributed by atoms with Crippen molar-refractivity contribution in [3.63, 3.8) is 0 Å². The summed E-state index contributed by atoms with van der Waals surface area (Å²) in [7, 11) is 4.25. The smallest absolute Gasteiger partial charge is 0.465 e. The summed E-state index contributed by atoms with van der Waals surface area (Å²) in [5.41, 5.74) is 0.268. The molecular weight excluding hydrogens is 355 g/mol. The number of carbonyl (C=O) groups is 1. The Morgan fingerprint density at radius 1 is 1.15 bits per heavy atom. The summed E-state index contributed by atoms with van der Waals surface area (Å²) in [4.78, 5) is 13.6. The van der Waals surface area contributed by atoms with Crippen LogP contribution in [0.1, 0.15) is 23.2 Å². The molecule has 1 saturated heterocycles. The molecule has 1 aliphatic rings. The van der Waals surface area contributed by atoms with E-state index in [1.165, 1.54) is 12.1 Å². The second-order valence-corrected chi connectivity index (χ2v) is 5.88. The molecule has 0 unspecified atom stereocenters. The fraction of sp³-hybridized carbons (Fsp3) is 0.588. The third-order valence-corrected chi connectivity index (χ3v) is 4.35. The van der Waals surface area contributed by atoms with E-state index < -0.39 is 18.1 Å². The number of esters is 1. The maximum atomic E-state index is 12.7. The summed E-state index contributed by atoms with van der Waals surface area (Å²) in [5.74, 6) is -1.25. The fourth-order valence-corrected chi connectivity index (χ4v) is 3.11. The molecule has 0 aromatic heterocycles. The number of methoxy groups -OCH3 is 3. The maximum Gasteiger partial charge on any atom is 0.573 e. The molecule has 146 valence electrons. The molecule has 0 saturated carbocycles. The van der Waals surface area contributed by atoms with Crippen molar-refractivity contribution in [2.24, 2.45) is 5.92 Å².